The first-order chi connectivity index (χ1) is 10.3. The highest BCUT2D eigenvalue weighted by Crippen LogP contribution is 2.25. The van der Waals surface area contributed by atoms with Crippen molar-refractivity contribution in [1.82, 2.24) is 20.0 Å². The van der Waals surface area contributed by atoms with Crippen LogP contribution in [0.5, 0.6) is 0 Å². The van der Waals surface area contributed by atoms with Crippen LogP contribution in [0.15, 0.2) is 12.4 Å². The minimum absolute atomic E-state index is 0.0248. The summed E-state index contributed by atoms with van der Waals surface area (Å²) in [7, 11) is 0. The molecule has 3 fully saturated rings. The molecule has 1 atom stereocenters. The Bertz CT molecular complexity index is 519. The van der Waals surface area contributed by atoms with Gasteiger partial charge in [0.15, 0.2) is 0 Å². The van der Waals surface area contributed by atoms with Gasteiger partial charge in [-0.15, -0.1) is 0 Å². The summed E-state index contributed by atoms with van der Waals surface area (Å²) in [5, 5.41) is 7.23. The Labute approximate surface area is 123 Å². The molecule has 2 amide bonds. The Balaban J connectivity index is 1.32. The predicted octanol–water partition coefficient (Wildman–Crippen LogP) is 0.448. The van der Waals surface area contributed by atoms with Crippen molar-refractivity contribution in [3.8, 4) is 0 Å². The van der Waals surface area contributed by atoms with E-state index in [-0.39, 0.29) is 6.03 Å². The lowest BCUT2D eigenvalue weighted by Crippen LogP contribution is -2.50. The summed E-state index contributed by atoms with van der Waals surface area (Å²) < 4.78 is 7.66. The van der Waals surface area contributed by atoms with Crippen molar-refractivity contribution in [2.45, 2.75) is 25.0 Å². The summed E-state index contributed by atoms with van der Waals surface area (Å²) in [6.07, 6.45) is 6.58. The van der Waals surface area contributed by atoms with Crippen LogP contribution < -0.4 is 10.2 Å². The number of hydrogen-bond acceptors (Lipinski definition) is 4. The van der Waals surface area contributed by atoms with Crippen molar-refractivity contribution in [3.05, 3.63) is 12.4 Å². The average molecular weight is 291 g/mol. The molecule has 1 N–H and O–H groups in total. The molecule has 0 aromatic carbocycles. The van der Waals surface area contributed by atoms with Gasteiger partial charge in [-0.05, 0) is 12.8 Å². The minimum atomic E-state index is -0.0248. The number of nitrogens with one attached hydrogen (secondary N) is 1. The zero-order valence-corrected chi connectivity index (χ0v) is 12.1. The van der Waals surface area contributed by atoms with Crippen molar-refractivity contribution in [3.63, 3.8) is 0 Å². The van der Waals surface area contributed by atoms with Crippen molar-refractivity contribution in [2.24, 2.45) is 0 Å². The second-order valence-corrected chi connectivity index (χ2v) is 6.07. The highest BCUT2D eigenvalue weighted by atomic mass is 16.5. The van der Waals surface area contributed by atoms with Gasteiger partial charge in [0.1, 0.15) is 0 Å². The van der Waals surface area contributed by atoms with E-state index in [1.807, 2.05) is 10.9 Å². The molecular formula is C14H21N5O2. The molecule has 1 aromatic rings. The molecule has 0 spiro atoms. The predicted molar refractivity (Wildman–Crippen MR) is 77.4 cm³/mol. The average Bonchev–Trinajstić information content (AvgIpc) is 3.14. The smallest absolute Gasteiger partial charge is 0.322 e. The Kier molecular flexibility index (Phi) is 3.31. The fourth-order valence-corrected chi connectivity index (χ4v) is 3.32. The third-order valence-electron chi connectivity index (χ3n) is 4.55. The molecule has 1 unspecified atom stereocenters. The molecule has 0 aliphatic carbocycles. The first-order valence-corrected chi connectivity index (χ1v) is 7.73. The number of nitrogens with zero attached hydrogens (tertiary/aromatic N) is 4. The molecule has 7 heteroatoms. The number of anilines is 1. The highest BCUT2D eigenvalue weighted by molar-refractivity contribution is 5.93. The molecule has 0 bridgehead atoms. The van der Waals surface area contributed by atoms with E-state index in [4.69, 9.17) is 4.74 Å². The first-order valence-electron chi connectivity index (χ1n) is 7.73. The first kappa shape index (κ1) is 13.1. The van der Waals surface area contributed by atoms with Gasteiger partial charge in [-0.3, -0.25) is 14.5 Å². The summed E-state index contributed by atoms with van der Waals surface area (Å²) in [6, 6.07) is 0.397. The van der Waals surface area contributed by atoms with Crippen LogP contribution in [0, 0.1) is 0 Å². The Morgan fingerprint density at radius 3 is 3.05 bits per heavy atom. The Hall–Kier alpha value is -1.60. The van der Waals surface area contributed by atoms with E-state index >= 15 is 0 Å². The van der Waals surface area contributed by atoms with E-state index in [0.29, 0.717) is 18.7 Å². The highest BCUT2D eigenvalue weighted by Gasteiger charge is 2.32. The van der Waals surface area contributed by atoms with Crippen LogP contribution in [0.1, 0.15) is 18.9 Å². The maximum Gasteiger partial charge on any atom is 0.322 e. The molecule has 21 heavy (non-hydrogen) atoms. The van der Waals surface area contributed by atoms with Gasteiger partial charge in [-0.2, -0.15) is 5.10 Å². The van der Waals surface area contributed by atoms with E-state index < -0.39 is 0 Å². The summed E-state index contributed by atoms with van der Waals surface area (Å²) in [5.41, 5.74) is 0.891. The Morgan fingerprint density at radius 2 is 2.33 bits per heavy atom. The zero-order chi connectivity index (χ0) is 14.2. The fraction of sp³-hybridized carbons (Fsp3) is 0.714. The fourth-order valence-electron chi connectivity index (χ4n) is 3.32. The summed E-state index contributed by atoms with van der Waals surface area (Å²) in [6.45, 7) is 5.44. The van der Waals surface area contributed by atoms with Gasteiger partial charge in [0.25, 0.3) is 0 Å². The summed E-state index contributed by atoms with van der Waals surface area (Å²) in [5.74, 6) is 0. The second-order valence-electron chi connectivity index (χ2n) is 6.07. The van der Waals surface area contributed by atoms with Crippen LogP contribution in [0.3, 0.4) is 0 Å². The summed E-state index contributed by atoms with van der Waals surface area (Å²) in [4.78, 5) is 15.8. The maximum absolute atomic E-state index is 11.6. The van der Waals surface area contributed by atoms with Gasteiger partial charge >= 0.3 is 6.03 Å². The summed E-state index contributed by atoms with van der Waals surface area (Å²) >= 11 is 0. The van der Waals surface area contributed by atoms with Gasteiger partial charge in [0.2, 0.25) is 0 Å². The van der Waals surface area contributed by atoms with Gasteiger partial charge in [0.05, 0.1) is 24.0 Å². The maximum atomic E-state index is 11.6. The SMILES string of the molecule is O=C1NCCN1c1cnn(C2CN(CC3CCCO3)C2)c1. The number of rotatable bonds is 4. The van der Waals surface area contributed by atoms with E-state index in [1.165, 1.54) is 12.8 Å². The number of aromatic nitrogens is 2. The quantitative estimate of drug-likeness (QED) is 0.875. The third-order valence-corrected chi connectivity index (χ3v) is 4.55. The molecular weight excluding hydrogens is 270 g/mol. The van der Waals surface area contributed by atoms with Crippen molar-refractivity contribution >= 4 is 11.7 Å². The molecule has 3 aliphatic heterocycles. The molecule has 114 valence electrons. The standard InChI is InChI=1S/C14H21N5O2/c20-14-15-3-4-18(14)11-6-16-19(9-11)12-7-17(8-12)10-13-2-1-5-21-13/h6,9,12-13H,1-5,7-8,10H2,(H,15,20). The number of amides is 2. The van der Waals surface area contributed by atoms with Crippen LogP contribution in [-0.4, -0.2) is 66.1 Å². The van der Waals surface area contributed by atoms with Crippen LogP contribution in [0.2, 0.25) is 0 Å². The van der Waals surface area contributed by atoms with Crippen molar-refractivity contribution in [2.75, 3.05) is 44.2 Å². The van der Waals surface area contributed by atoms with Crippen LogP contribution in [-0.2, 0) is 4.74 Å². The monoisotopic (exact) mass is 291 g/mol. The normalized spacial score (nSPS) is 27.1. The van der Waals surface area contributed by atoms with E-state index in [1.54, 1.807) is 11.1 Å². The van der Waals surface area contributed by atoms with E-state index in [0.717, 1.165) is 38.5 Å². The Morgan fingerprint density at radius 1 is 1.43 bits per heavy atom. The number of ether oxygens (including phenoxy) is 1. The molecule has 0 radical (unpaired) electrons. The number of likely N-dealkylation sites (tertiary alicyclic amines) is 1. The number of hydrogen-bond donors (Lipinski definition) is 1. The minimum Gasteiger partial charge on any atom is -0.377 e. The van der Waals surface area contributed by atoms with Crippen molar-refractivity contribution in [1.29, 1.82) is 0 Å². The van der Waals surface area contributed by atoms with Gasteiger partial charge < -0.3 is 10.1 Å². The van der Waals surface area contributed by atoms with Gasteiger partial charge in [0, 0.05) is 45.5 Å². The number of urea groups is 1. The lowest BCUT2D eigenvalue weighted by molar-refractivity contribution is 0.0247. The zero-order valence-electron chi connectivity index (χ0n) is 12.1. The molecule has 0 saturated carbocycles. The largest absolute Gasteiger partial charge is 0.377 e. The molecule has 4 rings (SSSR count). The van der Waals surface area contributed by atoms with Crippen LogP contribution >= 0.6 is 0 Å². The number of carbonyl (C=O) groups is 1. The van der Waals surface area contributed by atoms with Gasteiger partial charge in [-0.1, -0.05) is 0 Å². The molecule has 4 heterocycles. The molecule has 1 aromatic heterocycles. The lowest BCUT2D eigenvalue weighted by atomic mass is 10.1. The molecule has 7 nitrogen and oxygen atoms in total. The second kappa shape index (κ2) is 5.31. The number of carbonyl (C=O) groups excluding carboxylic acids is 1. The van der Waals surface area contributed by atoms with Gasteiger partial charge in [-0.25, -0.2) is 4.79 Å². The lowest BCUT2D eigenvalue weighted by Gasteiger charge is -2.40. The molecule has 3 aliphatic rings. The third kappa shape index (κ3) is 2.51. The molecule has 3 saturated heterocycles. The van der Waals surface area contributed by atoms with E-state index in [9.17, 15) is 4.79 Å². The van der Waals surface area contributed by atoms with Crippen molar-refractivity contribution < 1.29 is 9.53 Å². The van der Waals surface area contributed by atoms with Crippen LogP contribution in [0.25, 0.3) is 0 Å². The topological polar surface area (TPSA) is 62.6 Å². The van der Waals surface area contributed by atoms with Crippen LogP contribution in [0.4, 0.5) is 10.5 Å². The van der Waals surface area contributed by atoms with E-state index in [2.05, 4.69) is 15.3 Å².